The van der Waals surface area contributed by atoms with E-state index in [4.69, 9.17) is 20.3 Å². The topological polar surface area (TPSA) is 167 Å². The highest BCUT2D eigenvalue weighted by molar-refractivity contribution is 5.87. The largest absolute Gasteiger partial charge is 0.400 e. The minimum absolute atomic E-state index is 0.0701. The summed E-state index contributed by atoms with van der Waals surface area (Å²) in [6, 6.07) is 8.26. The molecule has 0 radical (unpaired) electrons. The molecule has 4 amide bonds. The monoisotopic (exact) mass is 737 g/mol. The van der Waals surface area contributed by atoms with Crippen molar-refractivity contribution < 1.29 is 33.8 Å². The zero-order valence-electron chi connectivity index (χ0n) is 34.2. The van der Waals surface area contributed by atoms with Crippen LogP contribution in [0.15, 0.2) is 30.3 Å². The van der Waals surface area contributed by atoms with Crippen molar-refractivity contribution in [2.45, 2.75) is 116 Å². The number of likely N-dealkylation sites (N-methyl/N-ethyl adjacent to an activating group) is 2. The highest BCUT2D eigenvalue weighted by Gasteiger charge is 2.41. The van der Waals surface area contributed by atoms with E-state index in [9.17, 15) is 19.2 Å². The molecule has 6 unspecified atom stereocenters. The summed E-state index contributed by atoms with van der Waals surface area (Å²) >= 11 is 0. The number of amides is 4. The van der Waals surface area contributed by atoms with Crippen molar-refractivity contribution in [1.82, 2.24) is 25.3 Å². The molecule has 5 N–H and O–H groups in total. The van der Waals surface area contributed by atoms with Crippen LogP contribution in [0.1, 0.15) is 91.7 Å². The number of ether oxygens (including phenoxy) is 2. The second-order valence-electron chi connectivity index (χ2n) is 14.0. The van der Waals surface area contributed by atoms with Crippen LogP contribution in [-0.4, -0.2) is 136 Å². The van der Waals surface area contributed by atoms with Gasteiger partial charge in [-0.1, -0.05) is 84.7 Å². The van der Waals surface area contributed by atoms with Crippen molar-refractivity contribution in [2.75, 3.05) is 62.1 Å². The summed E-state index contributed by atoms with van der Waals surface area (Å²) in [5.74, 6) is -1.19. The van der Waals surface area contributed by atoms with Gasteiger partial charge in [0.25, 0.3) is 0 Å². The average Bonchev–Trinajstić information content (AvgIpc) is 3.61. The highest BCUT2D eigenvalue weighted by Crippen LogP contribution is 2.28. The summed E-state index contributed by atoms with van der Waals surface area (Å²) in [7, 11) is 9.50. The molecule has 1 saturated heterocycles. The molecule has 1 aliphatic rings. The average molecular weight is 737 g/mol. The van der Waals surface area contributed by atoms with Gasteiger partial charge in [0.2, 0.25) is 23.6 Å². The predicted octanol–water partition coefficient (Wildman–Crippen LogP) is 3.20. The molecule has 300 valence electrons. The fourth-order valence-corrected chi connectivity index (χ4v) is 6.78. The van der Waals surface area contributed by atoms with Crippen LogP contribution in [-0.2, 0) is 28.7 Å². The lowest BCUT2D eigenvalue weighted by Gasteiger charge is -2.37. The Hall–Kier alpha value is -3.10. The Labute approximate surface area is 314 Å². The third-order valence-electron chi connectivity index (χ3n) is 9.35. The lowest BCUT2D eigenvalue weighted by atomic mass is 9.94. The number of nitrogens with two attached hydrogens (primary N) is 1. The summed E-state index contributed by atoms with van der Waals surface area (Å²) in [5.41, 5.74) is 7.23. The van der Waals surface area contributed by atoms with Crippen LogP contribution in [0.2, 0.25) is 0 Å². The number of hydrogen-bond acceptors (Lipinski definition) is 9. The lowest BCUT2D eigenvalue weighted by Crippen LogP contribution is -2.53. The smallest absolute Gasteiger partial charge is 0.242 e. The second kappa shape index (κ2) is 26.6. The van der Waals surface area contributed by atoms with Gasteiger partial charge in [-0.3, -0.25) is 24.1 Å². The zero-order chi connectivity index (χ0) is 40.0. The maximum Gasteiger partial charge on any atom is 0.242 e. The van der Waals surface area contributed by atoms with Crippen molar-refractivity contribution in [3.05, 3.63) is 35.9 Å². The number of nitrogens with zero attached hydrogens (tertiary/aromatic N) is 3. The molecule has 7 atom stereocenters. The van der Waals surface area contributed by atoms with E-state index in [2.05, 4.69) is 24.5 Å². The molecule has 1 heterocycles. The number of aliphatic hydroxyl groups is 1. The van der Waals surface area contributed by atoms with Gasteiger partial charge in [0.05, 0.1) is 49.2 Å². The van der Waals surface area contributed by atoms with Gasteiger partial charge < -0.3 is 40.7 Å². The Bertz CT molecular complexity index is 1150. The van der Waals surface area contributed by atoms with Gasteiger partial charge >= 0.3 is 0 Å². The molecule has 52 heavy (non-hydrogen) atoms. The van der Waals surface area contributed by atoms with Crippen LogP contribution in [0.25, 0.3) is 0 Å². The minimum atomic E-state index is -0.556. The van der Waals surface area contributed by atoms with Gasteiger partial charge in [-0.05, 0) is 44.8 Å². The number of aliphatic hydroxyl groups excluding tert-OH is 1. The normalized spacial score (nSPS) is 17.4. The van der Waals surface area contributed by atoms with Gasteiger partial charge in [-0.15, -0.1) is 0 Å². The van der Waals surface area contributed by atoms with E-state index in [0.29, 0.717) is 19.4 Å². The molecule has 0 aliphatic carbocycles. The van der Waals surface area contributed by atoms with Crippen LogP contribution in [0, 0.1) is 11.8 Å². The van der Waals surface area contributed by atoms with E-state index >= 15 is 0 Å². The summed E-state index contributed by atoms with van der Waals surface area (Å²) in [5, 5.41) is 12.7. The first-order chi connectivity index (χ1) is 24.7. The predicted molar refractivity (Wildman–Crippen MR) is 207 cm³/mol. The molecule has 2 rings (SSSR count). The molecule has 0 spiro atoms. The molecule has 0 bridgehead atoms. The summed E-state index contributed by atoms with van der Waals surface area (Å²) in [6.45, 7) is 12.7. The zero-order valence-corrected chi connectivity index (χ0v) is 34.2. The van der Waals surface area contributed by atoms with Crippen LogP contribution >= 0.6 is 0 Å². The number of nitrogens with one attached hydrogen (secondary N) is 2. The number of hydrogen-bond donors (Lipinski definition) is 4. The molecule has 1 aromatic carbocycles. The Morgan fingerprint density at radius 1 is 0.962 bits per heavy atom. The first-order valence-corrected chi connectivity index (χ1v) is 18.8. The molecule has 0 saturated carbocycles. The molecule has 13 nitrogen and oxygen atoms in total. The Morgan fingerprint density at radius 3 is 2.06 bits per heavy atom. The van der Waals surface area contributed by atoms with Crippen LogP contribution in [0.5, 0.6) is 0 Å². The Morgan fingerprint density at radius 2 is 1.56 bits per heavy atom. The number of benzene rings is 1. The Balaban J connectivity index is 0.00000493. The summed E-state index contributed by atoms with van der Waals surface area (Å²) in [4.78, 5) is 58.4. The molecular formula is C39H72N6O7. The van der Waals surface area contributed by atoms with E-state index in [1.165, 1.54) is 6.42 Å². The van der Waals surface area contributed by atoms with Crippen molar-refractivity contribution >= 4 is 23.6 Å². The first kappa shape index (κ1) is 48.9. The maximum absolute atomic E-state index is 13.8. The molecule has 1 fully saturated rings. The number of likely N-dealkylation sites (tertiary alicyclic amines) is 1. The fourth-order valence-electron chi connectivity index (χ4n) is 6.78. The maximum atomic E-state index is 13.8. The van der Waals surface area contributed by atoms with E-state index in [0.717, 1.165) is 25.5 Å². The summed E-state index contributed by atoms with van der Waals surface area (Å²) < 4.78 is 11.7. The molecule has 0 aromatic heterocycles. The number of carbonyl (C=O) groups excluding carboxylic acids is 4. The van der Waals surface area contributed by atoms with E-state index < -0.39 is 18.1 Å². The van der Waals surface area contributed by atoms with E-state index in [1.54, 1.807) is 31.1 Å². The molecule has 1 aromatic rings. The first-order valence-electron chi connectivity index (χ1n) is 18.8. The summed E-state index contributed by atoms with van der Waals surface area (Å²) in [6.07, 6.45) is 3.16. The molecular weight excluding hydrogens is 664 g/mol. The third-order valence-corrected chi connectivity index (χ3v) is 9.35. The van der Waals surface area contributed by atoms with Crippen molar-refractivity contribution in [2.24, 2.45) is 17.6 Å². The standard InChI is InChI=1S/C35H60N6O6.C3H8.CH4O/c1-10-15-27(40(7)31(43)22-38-35(45)32(23(2)3)39(5)6)29(46-8)20-30(42)41-19-14-18-28(41)33(47-9)24(4)34(44)37-21-26(36)25-16-12-11-13-17-25;1-3-2;1-2/h11-13,16-17,23-24,26-29,32-33H,10,14-15,18-22,36H2,1-9H3,(H,37,44)(H,38,45);3H2,1-2H3;2H,1H3/t24?,26?,27-,28?,29?,32?,33?;;/m0../s1. The number of carbonyl (C=O) groups is 4. The minimum Gasteiger partial charge on any atom is -0.400 e. The van der Waals surface area contributed by atoms with Crippen LogP contribution in [0.3, 0.4) is 0 Å². The third kappa shape index (κ3) is 15.5. The van der Waals surface area contributed by atoms with Crippen molar-refractivity contribution in [3.8, 4) is 0 Å². The second-order valence-corrected chi connectivity index (χ2v) is 14.0. The van der Waals surface area contributed by atoms with Crippen LogP contribution < -0.4 is 16.4 Å². The highest BCUT2D eigenvalue weighted by atomic mass is 16.5. The van der Waals surface area contributed by atoms with Gasteiger partial charge in [0, 0.05) is 47.5 Å². The van der Waals surface area contributed by atoms with Crippen LogP contribution in [0.4, 0.5) is 0 Å². The number of methoxy groups -OCH3 is 2. The van der Waals surface area contributed by atoms with Gasteiger partial charge in [-0.25, -0.2) is 0 Å². The SMILES string of the molecule is CCC.CCC[C@@H](C(CC(=O)N1CCCC1C(OC)C(C)C(=O)NCC(N)c1ccccc1)OC)N(C)C(=O)CNC(=O)C(C(C)C)N(C)C.CO. The van der Waals surface area contributed by atoms with Gasteiger partial charge in [0.1, 0.15) is 0 Å². The fraction of sp³-hybridized carbons (Fsp3) is 0.744. The van der Waals surface area contributed by atoms with E-state index in [-0.39, 0.29) is 73.2 Å². The number of rotatable bonds is 19. The molecule has 13 heteroatoms. The quantitative estimate of drug-likeness (QED) is 0.167. The lowest BCUT2D eigenvalue weighted by molar-refractivity contribution is -0.144. The van der Waals surface area contributed by atoms with Gasteiger partial charge in [0.15, 0.2) is 0 Å². The molecule has 1 aliphatic heterocycles. The van der Waals surface area contributed by atoms with E-state index in [1.807, 2.05) is 77.0 Å². The van der Waals surface area contributed by atoms with Crippen molar-refractivity contribution in [3.63, 3.8) is 0 Å². The van der Waals surface area contributed by atoms with Gasteiger partial charge in [-0.2, -0.15) is 0 Å². The van der Waals surface area contributed by atoms with Crippen molar-refractivity contribution in [1.29, 1.82) is 0 Å². The Kier molecular flexibility index (Phi) is 25.0.